The van der Waals surface area contributed by atoms with Crippen molar-refractivity contribution in [2.45, 2.75) is 39.0 Å². The van der Waals surface area contributed by atoms with E-state index in [9.17, 15) is 9.59 Å². The Hall–Kier alpha value is -2.12. The summed E-state index contributed by atoms with van der Waals surface area (Å²) in [5, 5.41) is 3.07. The van der Waals surface area contributed by atoms with Gasteiger partial charge in [0.15, 0.2) is 0 Å². The third kappa shape index (κ3) is 4.50. The predicted octanol–water partition coefficient (Wildman–Crippen LogP) is 2.82. The first-order valence-corrected chi connectivity index (χ1v) is 12.4. The second-order valence-corrected chi connectivity index (χ2v) is 10.1. The largest absolute Gasteiger partial charge is 0.381 e. The van der Waals surface area contributed by atoms with Crippen LogP contribution in [0.1, 0.15) is 49.4 Å². The summed E-state index contributed by atoms with van der Waals surface area (Å²) in [6.45, 7) is 10.3. The Morgan fingerprint density at radius 2 is 1.81 bits per heavy atom. The number of hydrogen-bond acceptors (Lipinski definition) is 5. The van der Waals surface area contributed by atoms with Crippen LogP contribution in [-0.4, -0.2) is 80.6 Å². The van der Waals surface area contributed by atoms with Crippen LogP contribution in [0.4, 0.5) is 11.4 Å². The minimum Gasteiger partial charge on any atom is -0.381 e. The zero-order valence-corrected chi connectivity index (χ0v) is 19.3. The van der Waals surface area contributed by atoms with Gasteiger partial charge in [-0.15, -0.1) is 0 Å². The van der Waals surface area contributed by atoms with Crippen LogP contribution in [0, 0.1) is 11.3 Å². The van der Waals surface area contributed by atoms with Crippen molar-refractivity contribution in [3.63, 3.8) is 0 Å². The van der Waals surface area contributed by atoms with Crippen LogP contribution in [0.25, 0.3) is 0 Å². The quantitative estimate of drug-likeness (QED) is 0.737. The highest BCUT2D eigenvalue weighted by atomic mass is 16.5. The Kier molecular flexibility index (Phi) is 6.12. The molecule has 3 heterocycles. The minimum absolute atomic E-state index is 0.103. The summed E-state index contributed by atoms with van der Waals surface area (Å²) < 4.78 is 5.57. The average molecular weight is 441 g/mol. The zero-order valence-electron chi connectivity index (χ0n) is 19.3. The maximum Gasteiger partial charge on any atom is 0.256 e. The van der Waals surface area contributed by atoms with Gasteiger partial charge in [-0.05, 0) is 56.8 Å². The fraction of sp³-hybridized carbons (Fsp3) is 0.680. The first-order valence-electron chi connectivity index (χ1n) is 12.4. The van der Waals surface area contributed by atoms with Gasteiger partial charge in [0.2, 0.25) is 5.91 Å². The molecule has 2 amide bonds. The van der Waals surface area contributed by atoms with Gasteiger partial charge < -0.3 is 19.9 Å². The predicted molar refractivity (Wildman–Crippen MR) is 125 cm³/mol. The van der Waals surface area contributed by atoms with Gasteiger partial charge in [-0.25, -0.2) is 0 Å². The summed E-state index contributed by atoms with van der Waals surface area (Å²) in [5.41, 5.74) is 2.85. The van der Waals surface area contributed by atoms with Gasteiger partial charge in [-0.1, -0.05) is 6.92 Å². The third-order valence-electron chi connectivity index (χ3n) is 7.59. The van der Waals surface area contributed by atoms with Crippen LogP contribution in [0.3, 0.4) is 0 Å². The molecule has 4 fully saturated rings. The molecule has 0 aromatic heterocycles. The second-order valence-electron chi connectivity index (χ2n) is 10.1. The number of hydrogen-bond donors (Lipinski definition) is 1. The van der Waals surface area contributed by atoms with Crippen molar-refractivity contribution in [2.75, 3.05) is 69.2 Å². The van der Waals surface area contributed by atoms with Crippen LogP contribution in [0.15, 0.2) is 18.2 Å². The molecule has 7 heteroatoms. The molecule has 7 nitrogen and oxygen atoms in total. The third-order valence-corrected chi connectivity index (χ3v) is 7.59. The second kappa shape index (κ2) is 9.02. The number of piperazine rings is 1. The summed E-state index contributed by atoms with van der Waals surface area (Å²) in [4.78, 5) is 32.6. The van der Waals surface area contributed by atoms with Gasteiger partial charge in [0.1, 0.15) is 0 Å². The van der Waals surface area contributed by atoms with E-state index in [0.717, 1.165) is 108 Å². The Morgan fingerprint density at radius 3 is 2.47 bits per heavy atom. The fourth-order valence-corrected chi connectivity index (χ4v) is 5.36. The summed E-state index contributed by atoms with van der Waals surface area (Å²) in [6, 6.07) is 5.84. The van der Waals surface area contributed by atoms with E-state index in [1.807, 2.05) is 23.1 Å². The van der Waals surface area contributed by atoms with Gasteiger partial charge in [0.05, 0.1) is 11.3 Å². The molecular formula is C25H36N4O3. The molecular weight excluding hydrogens is 404 g/mol. The number of anilines is 2. The van der Waals surface area contributed by atoms with Crippen molar-refractivity contribution in [3.8, 4) is 0 Å². The normalized spacial score (nSPS) is 23.2. The summed E-state index contributed by atoms with van der Waals surface area (Å²) in [5.74, 6) is 0.379. The van der Waals surface area contributed by atoms with Gasteiger partial charge in [0.25, 0.3) is 5.91 Å². The molecule has 1 saturated carbocycles. The highest BCUT2D eigenvalue weighted by molar-refractivity contribution is 6.02. The van der Waals surface area contributed by atoms with Crippen molar-refractivity contribution in [1.29, 1.82) is 0 Å². The van der Waals surface area contributed by atoms with E-state index in [1.165, 1.54) is 0 Å². The smallest absolute Gasteiger partial charge is 0.256 e. The van der Waals surface area contributed by atoms with Crippen LogP contribution in [-0.2, 0) is 9.53 Å². The fourth-order valence-electron chi connectivity index (χ4n) is 5.36. The van der Waals surface area contributed by atoms with Crippen LogP contribution < -0.4 is 10.2 Å². The standard InChI is InChI=1S/C25H36N4O3/c1-2-9-27-10-12-28(13-11-27)24(31)21-6-5-20(26-23(30)19-3-4-19)16-22(21)29-17-25(18-29)7-14-32-15-8-25/h5-6,16,19H,2-4,7-15,17-18H2,1H3,(H,26,30). The number of nitrogens with zero attached hydrogens (tertiary/aromatic N) is 3. The number of amides is 2. The van der Waals surface area contributed by atoms with Crippen LogP contribution >= 0.6 is 0 Å². The maximum absolute atomic E-state index is 13.5. The van der Waals surface area contributed by atoms with Crippen LogP contribution in [0.2, 0.25) is 0 Å². The van der Waals surface area contributed by atoms with Crippen molar-refractivity contribution in [2.24, 2.45) is 11.3 Å². The summed E-state index contributed by atoms with van der Waals surface area (Å²) in [6.07, 6.45) is 5.29. The number of benzene rings is 1. The van der Waals surface area contributed by atoms with E-state index in [4.69, 9.17) is 4.74 Å². The van der Waals surface area contributed by atoms with Gasteiger partial charge >= 0.3 is 0 Å². The Labute approximate surface area is 191 Å². The highest BCUT2D eigenvalue weighted by Gasteiger charge is 2.45. The number of carbonyl (C=O) groups is 2. The lowest BCUT2D eigenvalue weighted by atomic mass is 9.73. The number of ether oxygens (including phenoxy) is 1. The molecule has 1 N–H and O–H groups in total. The molecule has 5 rings (SSSR count). The lowest BCUT2D eigenvalue weighted by Gasteiger charge is -2.53. The Bertz CT molecular complexity index is 847. The Morgan fingerprint density at radius 1 is 1.09 bits per heavy atom. The van der Waals surface area contributed by atoms with Gasteiger partial charge in [0, 0.05) is 69.5 Å². The van der Waals surface area contributed by atoms with Crippen molar-refractivity contribution in [3.05, 3.63) is 23.8 Å². The summed E-state index contributed by atoms with van der Waals surface area (Å²) in [7, 11) is 0. The molecule has 0 bridgehead atoms. The van der Waals surface area contributed by atoms with Crippen molar-refractivity contribution in [1.82, 2.24) is 9.80 Å². The molecule has 1 spiro atoms. The van der Waals surface area contributed by atoms with Gasteiger partial charge in [-0.2, -0.15) is 0 Å². The number of rotatable bonds is 6. The molecule has 3 saturated heterocycles. The SMILES string of the molecule is CCCN1CCN(C(=O)c2ccc(NC(=O)C3CC3)cc2N2CC3(CCOCC3)C2)CC1. The molecule has 0 atom stereocenters. The maximum atomic E-state index is 13.5. The Balaban J connectivity index is 1.34. The monoisotopic (exact) mass is 440 g/mol. The number of nitrogens with one attached hydrogen (secondary N) is 1. The first kappa shape index (κ1) is 21.7. The van der Waals surface area contributed by atoms with E-state index in [2.05, 4.69) is 22.0 Å². The molecule has 4 aliphatic rings. The summed E-state index contributed by atoms with van der Waals surface area (Å²) >= 11 is 0. The van der Waals surface area contributed by atoms with E-state index in [1.54, 1.807) is 0 Å². The molecule has 1 aromatic carbocycles. The highest BCUT2D eigenvalue weighted by Crippen LogP contribution is 2.44. The van der Waals surface area contributed by atoms with Crippen molar-refractivity contribution < 1.29 is 14.3 Å². The van der Waals surface area contributed by atoms with Gasteiger partial charge in [-0.3, -0.25) is 14.5 Å². The minimum atomic E-state index is 0.103. The molecule has 0 unspecified atom stereocenters. The van der Waals surface area contributed by atoms with E-state index in [-0.39, 0.29) is 17.7 Å². The van der Waals surface area contributed by atoms with Crippen molar-refractivity contribution >= 4 is 23.2 Å². The lowest BCUT2D eigenvalue weighted by molar-refractivity contribution is -0.117. The van der Waals surface area contributed by atoms with E-state index < -0.39 is 0 Å². The topological polar surface area (TPSA) is 65.1 Å². The number of carbonyl (C=O) groups excluding carboxylic acids is 2. The van der Waals surface area contributed by atoms with E-state index >= 15 is 0 Å². The average Bonchev–Trinajstić information content (AvgIpc) is 3.64. The molecule has 0 radical (unpaired) electrons. The van der Waals surface area contributed by atoms with Crippen LogP contribution in [0.5, 0.6) is 0 Å². The zero-order chi connectivity index (χ0) is 22.1. The molecule has 174 valence electrons. The molecule has 32 heavy (non-hydrogen) atoms. The van der Waals surface area contributed by atoms with E-state index in [0.29, 0.717) is 5.41 Å². The lowest BCUT2D eigenvalue weighted by Crippen LogP contribution is -2.59. The molecule has 3 aliphatic heterocycles. The molecule has 1 aliphatic carbocycles. The molecule has 1 aromatic rings. The first-order chi connectivity index (χ1) is 15.6.